The van der Waals surface area contributed by atoms with Crippen LogP contribution in [-0.4, -0.2) is 38.8 Å². The van der Waals surface area contributed by atoms with Crippen molar-refractivity contribution in [1.29, 1.82) is 0 Å². The van der Waals surface area contributed by atoms with Crippen LogP contribution < -0.4 is 5.32 Å². The van der Waals surface area contributed by atoms with E-state index in [0.29, 0.717) is 17.2 Å². The van der Waals surface area contributed by atoms with Crippen molar-refractivity contribution in [3.63, 3.8) is 0 Å². The van der Waals surface area contributed by atoms with Crippen LogP contribution in [0.2, 0.25) is 0 Å². The number of para-hydroxylation sites is 1. The Labute approximate surface area is 187 Å². The summed E-state index contributed by atoms with van der Waals surface area (Å²) in [7, 11) is 0. The Balaban J connectivity index is 1.58. The fourth-order valence-electron chi connectivity index (χ4n) is 4.14. The third kappa shape index (κ3) is 4.04. The summed E-state index contributed by atoms with van der Waals surface area (Å²) in [4.78, 5) is 29.0. The second-order valence-corrected chi connectivity index (χ2v) is 8.18. The molecule has 0 atom stereocenters. The highest BCUT2D eigenvalue weighted by atomic mass is 16.2. The molecule has 160 valence electrons. The average Bonchev–Trinajstić information content (AvgIpc) is 2.85. The zero-order valence-corrected chi connectivity index (χ0v) is 18.1. The van der Waals surface area contributed by atoms with E-state index >= 15 is 0 Å². The zero-order chi connectivity index (χ0) is 21.9. The van der Waals surface area contributed by atoms with E-state index < -0.39 is 0 Å². The summed E-state index contributed by atoms with van der Waals surface area (Å²) in [6.07, 6.45) is 6.80. The van der Waals surface area contributed by atoms with Crippen molar-refractivity contribution >= 4 is 28.3 Å². The van der Waals surface area contributed by atoms with Gasteiger partial charge in [-0.2, -0.15) is 0 Å². The third-order valence-corrected chi connectivity index (χ3v) is 5.82. The molecule has 2 aromatic carbocycles. The van der Waals surface area contributed by atoms with Gasteiger partial charge in [-0.1, -0.05) is 23.8 Å². The van der Waals surface area contributed by atoms with E-state index in [-0.39, 0.29) is 5.91 Å². The molecule has 1 N–H and O–H groups in total. The number of nitrogens with zero attached hydrogens (tertiary/aromatic N) is 4. The largest absolute Gasteiger partial charge is 0.339 e. The Morgan fingerprint density at radius 3 is 2.62 bits per heavy atom. The lowest BCUT2D eigenvalue weighted by atomic mass is 10.1. The quantitative estimate of drug-likeness (QED) is 0.478. The van der Waals surface area contributed by atoms with Gasteiger partial charge >= 0.3 is 0 Å². The number of rotatable bonds is 4. The van der Waals surface area contributed by atoms with Crippen LogP contribution in [0.4, 0.5) is 11.5 Å². The number of carbonyl (C=O) groups is 1. The van der Waals surface area contributed by atoms with Crippen molar-refractivity contribution in [1.82, 2.24) is 19.9 Å². The van der Waals surface area contributed by atoms with Crippen molar-refractivity contribution in [2.24, 2.45) is 0 Å². The molecular formula is C26H25N5O. The molecule has 0 spiro atoms. The van der Waals surface area contributed by atoms with Crippen LogP contribution in [0.15, 0.2) is 67.0 Å². The second-order valence-electron chi connectivity index (χ2n) is 8.18. The average molecular weight is 424 g/mol. The number of likely N-dealkylation sites (tertiary alicyclic amines) is 1. The van der Waals surface area contributed by atoms with E-state index in [2.05, 4.69) is 16.4 Å². The first-order valence-corrected chi connectivity index (χ1v) is 11.0. The molecule has 0 bridgehead atoms. The Kier molecular flexibility index (Phi) is 5.50. The number of fused-ring (bicyclic) bond motifs is 1. The first kappa shape index (κ1) is 20.1. The van der Waals surface area contributed by atoms with E-state index in [1.807, 2.05) is 60.4 Å². The summed E-state index contributed by atoms with van der Waals surface area (Å²) in [6, 6.07) is 17.6. The lowest BCUT2D eigenvalue weighted by Gasteiger charge is -2.27. The van der Waals surface area contributed by atoms with Crippen LogP contribution in [0.1, 0.15) is 35.2 Å². The van der Waals surface area contributed by atoms with Gasteiger partial charge in [-0.15, -0.1) is 0 Å². The van der Waals surface area contributed by atoms with Crippen LogP contribution in [0.3, 0.4) is 0 Å². The maximum atomic E-state index is 13.3. The van der Waals surface area contributed by atoms with E-state index in [1.54, 1.807) is 12.4 Å². The Bertz CT molecular complexity index is 1270. The molecule has 0 unspecified atom stereocenters. The summed E-state index contributed by atoms with van der Waals surface area (Å²) >= 11 is 0. The van der Waals surface area contributed by atoms with Gasteiger partial charge in [-0.3, -0.25) is 9.78 Å². The molecule has 3 heterocycles. The first-order valence-electron chi connectivity index (χ1n) is 11.0. The molecule has 1 aliphatic heterocycles. The SMILES string of the molecule is Cc1ccc2nc(-c3cccnc3)nc(Nc3ccccc3C(=O)N3CCCCC3)c2c1. The van der Waals surface area contributed by atoms with Gasteiger partial charge in [0, 0.05) is 36.4 Å². The molecule has 0 aliphatic carbocycles. The van der Waals surface area contributed by atoms with E-state index in [0.717, 1.165) is 53.6 Å². The number of pyridine rings is 1. The summed E-state index contributed by atoms with van der Waals surface area (Å²) in [5.74, 6) is 1.34. The number of benzene rings is 2. The summed E-state index contributed by atoms with van der Waals surface area (Å²) in [5, 5.41) is 4.37. The highest BCUT2D eigenvalue weighted by molar-refractivity contribution is 6.02. The molecule has 1 amide bonds. The number of hydrogen-bond donors (Lipinski definition) is 1. The van der Waals surface area contributed by atoms with Gasteiger partial charge in [-0.05, 0) is 62.6 Å². The molecule has 1 saturated heterocycles. The highest BCUT2D eigenvalue weighted by Crippen LogP contribution is 2.30. The summed E-state index contributed by atoms with van der Waals surface area (Å²) in [5.41, 5.74) is 4.22. The molecular weight excluding hydrogens is 398 g/mol. The molecule has 6 nitrogen and oxygen atoms in total. The van der Waals surface area contributed by atoms with Gasteiger partial charge in [0.2, 0.25) is 0 Å². The predicted octanol–water partition coefficient (Wildman–Crippen LogP) is 5.37. The second kappa shape index (κ2) is 8.75. The van der Waals surface area contributed by atoms with Crippen molar-refractivity contribution < 1.29 is 4.79 Å². The standard InChI is InChI=1S/C26H25N5O/c1-18-11-12-23-21(16-18)25(30-24(28-23)19-8-7-13-27-17-19)29-22-10-4-3-9-20(22)26(32)31-14-5-2-6-15-31/h3-4,7-13,16-17H,2,5-6,14-15H2,1H3,(H,28,29,30). The fourth-order valence-corrected chi connectivity index (χ4v) is 4.14. The van der Waals surface area contributed by atoms with Crippen molar-refractivity contribution in [3.05, 3.63) is 78.1 Å². The normalized spacial score (nSPS) is 13.8. The molecule has 4 aromatic rings. The molecule has 6 heteroatoms. The molecule has 5 rings (SSSR count). The number of aromatic nitrogens is 3. The highest BCUT2D eigenvalue weighted by Gasteiger charge is 2.21. The van der Waals surface area contributed by atoms with Gasteiger partial charge < -0.3 is 10.2 Å². The number of aryl methyl sites for hydroxylation is 1. The van der Waals surface area contributed by atoms with Crippen LogP contribution >= 0.6 is 0 Å². The van der Waals surface area contributed by atoms with Gasteiger partial charge in [0.25, 0.3) is 5.91 Å². The number of hydrogen-bond acceptors (Lipinski definition) is 5. The Hall–Kier alpha value is -3.80. The van der Waals surface area contributed by atoms with Crippen LogP contribution in [0.25, 0.3) is 22.3 Å². The minimum Gasteiger partial charge on any atom is -0.339 e. The number of piperidine rings is 1. The lowest BCUT2D eigenvalue weighted by molar-refractivity contribution is 0.0725. The molecule has 1 fully saturated rings. The summed E-state index contributed by atoms with van der Waals surface area (Å²) < 4.78 is 0. The van der Waals surface area contributed by atoms with Crippen LogP contribution in [-0.2, 0) is 0 Å². The van der Waals surface area contributed by atoms with E-state index in [9.17, 15) is 4.79 Å². The van der Waals surface area contributed by atoms with Gasteiger partial charge in [0.1, 0.15) is 5.82 Å². The van der Waals surface area contributed by atoms with Gasteiger partial charge in [0.15, 0.2) is 5.82 Å². The fraction of sp³-hybridized carbons (Fsp3) is 0.231. The smallest absolute Gasteiger partial charge is 0.255 e. The lowest BCUT2D eigenvalue weighted by Crippen LogP contribution is -2.35. The van der Waals surface area contributed by atoms with Crippen molar-refractivity contribution in [2.75, 3.05) is 18.4 Å². The maximum absolute atomic E-state index is 13.3. The Morgan fingerprint density at radius 2 is 1.81 bits per heavy atom. The molecule has 0 radical (unpaired) electrons. The predicted molar refractivity (Wildman–Crippen MR) is 127 cm³/mol. The summed E-state index contributed by atoms with van der Waals surface area (Å²) in [6.45, 7) is 3.67. The van der Waals surface area contributed by atoms with E-state index in [1.165, 1.54) is 6.42 Å². The molecule has 32 heavy (non-hydrogen) atoms. The number of carbonyl (C=O) groups excluding carboxylic acids is 1. The monoisotopic (exact) mass is 423 g/mol. The molecule has 1 aliphatic rings. The number of nitrogens with one attached hydrogen (secondary N) is 1. The van der Waals surface area contributed by atoms with Crippen LogP contribution in [0, 0.1) is 6.92 Å². The zero-order valence-electron chi connectivity index (χ0n) is 18.1. The topological polar surface area (TPSA) is 71.0 Å². The third-order valence-electron chi connectivity index (χ3n) is 5.82. The minimum atomic E-state index is 0.0647. The maximum Gasteiger partial charge on any atom is 0.255 e. The first-order chi connectivity index (χ1) is 15.7. The molecule has 2 aromatic heterocycles. The number of anilines is 2. The number of amides is 1. The Morgan fingerprint density at radius 1 is 0.969 bits per heavy atom. The van der Waals surface area contributed by atoms with Crippen molar-refractivity contribution in [2.45, 2.75) is 26.2 Å². The van der Waals surface area contributed by atoms with Gasteiger partial charge in [0.05, 0.1) is 16.8 Å². The van der Waals surface area contributed by atoms with Crippen molar-refractivity contribution in [3.8, 4) is 11.4 Å². The van der Waals surface area contributed by atoms with Crippen LogP contribution in [0.5, 0.6) is 0 Å². The van der Waals surface area contributed by atoms with E-state index in [4.69, 9.17) is 9.97 Å². The minimum absolute atomic E-state index is 0.0647. The van der Waals surface area contributed by atoms with Gasteiger partial charge in [-0.25, -0.2) is 9.97 Å². The molecule has 0 saturated carbocycles.